The second-order valence-corrected chi connectivity index (χ2v) is 10.5. The zero-order valence-corrected chi connectivity index (χ0v) is 25.3. The molecule has 0 radical (unpaired) electrons. The molecule has 222 valence electrons. The Bertz CT molecular complexity index is 1800. The quantitative estimate of drug-likeness (QED) is 0.128. The van der Waals surface area contributed by atoms with E-state index in [1.807, 2.05) is 84.9 Å². The summed E-state index contributed by atoms with van der Waals surface area (Å²) in [4.78, 5) is 25.4. The van der Waals surface area contributed by atoms with Gasteiger partial charge in [0.25, 0.3) is 0 Å². The van der Waals surface area contributed by atoms with Gasteiger partial charge in [0.05, 0.1) is 37.0 Å². The van der Waals surface area contributed by atoms with Crippen molar-refractivity contribution in [1.29, 1.82) is 0 Å². The van der Waals surface area contributed by atoms with Gasteiger partial charge >= 0.3 is 11.9 Å². The lowest BCUT2D eigenvalue weighted by Crippen LogP contribution is -2.14. The molecule has 0 bridgehead atoms. The highest BCUT2D eigenvalue weighted by Gasteiger charge is 2.16. The van der Waals surface area contributed by atoms with Gasteiger partial charge in [0, 0.05) is 11.1 Å². The maximum atomic E-state index is 12.3. The number of para-hydroxylation sites is 2. The van der Waals surface area contributed by atoms with Crippen molar-refractivity contribution in [2.45, 2.75) is 13.8 Å². The molecular formula is C30H26N8O4S2. The van der Waals surface area contributed by atoms with Gasteiger partial charge in [-0.25, -0.2) is 19.0 Å². The van der Waals surface area contributed by atoms with E-state index in [1.54, 1.807) is 35.6 Å². The van der Waals surface area contributed by atoms with E-state index in [9.17, 15) is 9.59 Å². The van der Waals surface area contributed by atoms with Crippen LogP contribution in [0.3, 0.4) is 0 Å². The van der Waals surface area contributed by atoms with Crippen molar-refractivity contribution in [3.8, 4) is 11.4 Å². The van der Waals surface area contributed by atoms with Crippen molar-refractivity contribution in [3.05, 3.63) is 116 Å². The van der Waals surface area contributed by atoms with Crippen LogP contribution in [0.4, 0.5) is 0 Å². The number of esters is 2. The first-order valence-electron chi connectivity index (χ1n) is 13.5. The number of carbonyl (C=O) groups is 2. The van der Waals surface area contributed by atoms with Crippen LogP contribution in [0.2, 0.25) is 0 Å². The predicted octanol–water partition coefficient (Wildman–Crippen LogP) is 4.40. The van der Waals surface area contributed by atoms with Crippen LogP contribution in [0.1, 0.15) is 44.6 Å². The SMILES string of the molecule is CCOC(=O)c1nn(-c2ccccc2)/c(=N/N=C/c2ccccc2/C=N/N=c2/sc(C(=O)OCC)nn2-c2ccccc2)s1. The monoisotopic (exact) mass is 626 g/mol. The van der Waals surface area contributed by atoms with Gasteiger partial charge in [-0.1, -0.05) is 83.3 Å². The van der Waals surface area contributed by atoms with Crippen molar-refractivity contribution in [3.63, 3.8) is 0 Å². The van der Waals surface area contributed by atoms with Gasteiger partial charge in [0.2, 0.25) is 19.6 Å². The van der Waals surface area contributed by atoms with Gasteiger partial charge in [-0.15, -0.1) is 20.4 Å². The summed E-state index contributed by atoms with van der Waals surface area (Å²) in [5, 5.41) is 26.4. The fraction of sp³-hybridized carbons (Fsp3) is 0.133. The molecule has 0 unspecified atom stereocenters. The Hall–Kier alpha value is -5.34. The molecule has 3 aromatic carbocycles. The van der Waals surface area contributed by atoms with E-state index in [2.05, 4.69) is 30.6 Å². The fourth-order valence-corrected chi connectivity index (χ4v) is 5.26. The van der Waals surface area contributed by atoms with Gasteiger partial charge in [0.15, 0.2) is 0 Å². The molecule has 0 saturated carbocycles. The van der Waals surface area contributed by atoms with Crippen molar-refractivity contribution in [1.82, 2.24) is 19.6 Å². The zero-order chi connectivity index (χ0) is 30.7. The van der Waals surface area contributed by atoms with Gasteiger partial charge in [0.1, 0.15) is 0 Å². The van der Waals surface area contributed by atoms with Crippen LogP contribution < -0.4 is 9.60 Å². The highest BCUT2D eigenvalue weighted by Crippen LogP contribution is 2.10. The molecule has 5 aromatic rings. The molecular weight excluding hydrogens is 601 g/mol. The van der Waals surface area contributed by atoms with Gasteiger partial charge in [-0.3, -0.25) is 0 Å². The third-order valence-corrected chi connectivity index (χ3v) is 7.46. The Morgan fingerprint density at radius 1 is 0.659 bits per heavy atom. The smallest absolute Gasteiger partial charge is 0.369 e. The Morgan fingerprint density at radius 3 is 1.43 bits per heavy atom. The molecule has 0 aliphatic heterocycles. The van der Waals surface area contributed by atoms with Gasteiger partial charge in [-0.2, -0.15) is 10.2 Å². The topological polar surface area (TPSA) is 138 Å². The second-order valence-electron chi connectivity index (χ2n) is 8.63. The molecule has 2 heterocycles. The molecule has 12 nitrogen and oxygen atoms in total. The lowest BCUT2D eigenvalue weighted by atomic mass is 10.1. The van der Waals surface area contributed by atoms with Crippen LogP contribution in [0.15, 0.2) is 105 Å². The van der Waals surface area contributed by atoms with E-state index in [-0.39, 0.29) is 23.2 Å². The number of ether oxygens (including phenoxy) is 2. The largest absolute Gasteiger partial charge is 0.461 e. The van der Waals surface area contributed by atoms with Crippen molar-refractivity contribution in [2.24, 2.45) is 20.4 Å². The normalized spacial score (nSPS) is 12.3. The molecule has 0 N–H and O–H groups in total. The number of carbonyl (C=O) groups excluding carboxylic acids is 2. The minimum atomic E-state index is -0.526. The Labute approximate surface area is 259 Å². The van der Waals surface area contributed by atoms with E-state index < -0.39 is 11.9 Å². The standard InChI is InChI=1S/C30H26N8O4S2/c1-3-41-27(39)25-35-37(23-15-7-5-8-16-23)29(43-25)33-31-19-21-13-11-12-14-22(21)20-32-34-30-38(24-17-9-6-10-18-24)36-26(44-30)28(40)42-4-2/h5-20H,3-4H2,1-2H3/b31-19+,32-20+,33-29-,34-30+. The average Bonchev–Trinajstić information content (AvgIpc) is 3.68. The number of aromatic nitrogens is 4. The summed E-state index contributed by atoms with van der Waals surface area (Å²) in [6.07, 6.45) is 3.16. The molecule has 0 saturated heterocycles. The molecule has 0 spiro atoms. The van der Waals surface area contributed by atoms with E-state index in [4.69, 9.17) is 9.47 Å². The average molecular weight is 627 g/mol. The summed E-state index contributed by atoms with van der Waals surface area (Å²) in [6.45, 7) is 3.94. The first-order valence-corrected chi connectivity index (χ1v) is 15.1. The summed E-state index contributed by atoms with van der Waals surface area (Å²) in [7, 11) is 0. The second kappa shape index (κ2) is 14.7. The summed E-state index contributed by atoms with van der Waals surface area (Å²) in [5.41, 5.74) is 2.90. The summed E-state index contributed by atoms with van der Waals surface area (Å²) >= 11 is 2.15. The Morgan fingerprint density at radius 2 is 1.05 bits per heavy atom. The Kier molecular flexibility index (Phi) is 10.1. The summed E-state index contributed by atoms with van der Waals surface area (Å²) < 4.78 is 13.3. The molecule has 5 rings (SSSR count). The molecule has 44 heavy (non-hydrogen) atoms. The number of hydrogen-bond acceptors (Lipinski definition) is 12. The van der Waals surface area contributed by atoms with E-state index in [1.165, 1.54) is 0 Å². The summed E-state index contributed by atoms with van der Waals surface area (Å²) in [5.74, 6) is -1.05. The predicted molar refractivity (Wildman–Crippen MR) is 168 cm³/mol. The molecule has 0 amide bonds. The highest BCUT2D eigenvalue weighted by molar-refractivity contribution is 7.11. The van der Waals surface area contributed by atoms with Gasteiger partial charge < -0.3 is 9.47 Å². The van der Waals surface area contributed by atoms with Crippen LogP contribution in [-0.2, 0) is 9.47 Å². The van der Waals surface area contributed by atoms with Crippen molar-refractivity contribution < 1.29 is 19.1 Å². The van der Waals surface area contributed by atoms with Crippen LogP contribution >= 0.6 is 22.7 Å². The molecule has 14 heteroatoms. The first-order chi connectivity index (χ1) is 21.6. The maximum absolute atomic E-state index is 12.3. The maximum Gasteiger partial charge on any atom is 0.369 e. The molecule has 0 atom stereocenters. The third-order valence-electron chi connectivity index (χ3n) is 5.70. The highest BCUT2D eigenvalue weighted by atomic mass is 32.1. The lowest BCUT2D eigenvalue weighted by molar-refractivity contribution is 0.0515. The fourth-order valence-electron chi connectivity index (χ4n) is 3.75. The molecule has 0 aliphatic rings. The Balaban J connectivity index is 1.46. The van der Waals surface area contributed by atoms with Crippen molar-refractivity contribution in [2.75, 3.05) is 13.2 Å². The number of benzene rings is 3. The van der Waals surface area contributed by atoms with E-state index in [0.29, 0.717) is 9.60 Å². The molecule has 2 aromatic heterocycles. The third kappa shape index (κ3) is 7.35. The minimum Gasteiger partial charge on any atom is -0.461 e. The molecule has 0 fully saturated rings. The first kappa shape index (κ1) is 30.1. The van der Waals surface area contributed by atoms with Crippen LogP contribution in [0, 0.1) is 0 Å². The molecule has 0 aliphatic carbocycles. The lowest BCUT2D eigenvalue weighted by Gasteiger charge is -2.00. The van der Waals surface area contributed by atoms with E-state index in [0.717, 1.165) is 45.2 Å². The van der Waals surface area contributed by atoms with Crippen LogP contribution in [0.25, 0.3) is 11.4 Å². The number of rotatable bonds is 10. The van der Waals surface area contributed by atoms with Crippen molar-refractivity contribution >= 4 is 47.0 Å². The number of nitrogens with zero attached hydrogens (tertiary/aromatic N) is 8. The van der Waals surface area contributed by atoms with E-state index >= 15 is 0 Å². The summed E-state index contributed by atoms with van der Waals surface area (Å²) in [6, 6.07) is 26.1. The zero-order valence-electron chi connectivity index (χ0n) is 23.7. The van der Waals surface area contributed by atoms with Crippen LogP contribution in [-0.4, -0.2) is 57.1 Å². The number of hydrogen-bond donors (Lipinski definition) is 0. The van der Waals surface area contributed by atoms with Gasteiger partial charge in [-0.05, 0) is 38.1 Å². The van der Waals surface area contributed by atoms with Crippen LogP contribution in [0.5, 0.6) is 0 Å². The minimum absolute atomic E-state index is 0.167.